The first-order valence-electron chi connectivity index (χ1n) is 15.3. The largest absolute Gasteiger partial charge is 0.354 e. The molecule has 0 saturated carbocycles. The molecule has 0 fully saturated rings. The van der Waals surface area contributed by atoms with E-state index >= 15 is 0 Å². The normalized spacial score (nSPS) is 11.5. The van der Waals surface area contributed by atoms with Crippen molar-refractivity contribution in [1.29, 1.82) is 0 Å². The van der Waals surface area contributed by atoms with Gasteiger partial charge in [-0.25, -0.2) is 0 Å². The average Bonchev–Trinajstić information content (AvgIpc) is 3.11. The fraction of sp³-hybridized carbons (Fsp3) is 0. The Bertz CT molecular complexity index is 2270. The first-order chi connectivity index (χ1) is 22.3. The second-order valence-electron chi connectivity index (χ2n) is 11.3. The molecule has 1 N–H and O–H groups in total. The maximum atomic E-state index is 4.86. The molecule has 0 saturated heterocycles. The maximum absolute atomic E-state index is 4.86. The van der Waals surface area contributed by atoms with Gasteiger partial charge < -0.3 is 5.32 Å². The summed E-state index contributed by atoms with van der Waals surface area (Å²) in [7, 11) is 0. The van der Waals surface area contributed by atoms with Crippen LogP contribution < -0.4 is 5.32 Å². The van der Waals surface area contributed by atoms with Gasteiger partial charge in [0.2, 0.25) is 0 Å². The highest BCUT2D eigenvalue weighted by molar-refractivity contribution is 6.23. The van der Waals surface area contributed by atoms with Gasteiger partial charge in [-0.05, 0) is 84.4 Å². The van der Waals surface area contributed by atoms with E-state index in [1.165, 1.54) is 54.6 Å². The van der Waals surface area contributed by atoms with Gasteiger partial charge in [0.1, 0.15) is 0 Å². The van der Waals surface area contributed by atoms with Crippen LogP contribution in [0.4, 0.5) is 17.1 Å². The highest BCUT2D eigenvalue weighted by atomic mass is 14.9. The van der Waals surface area contributed by atoms with Crippen LogP contribution in [0, 0.1) is 0 Å². The molecule has 0 aromatic heterocycles. The Labute approximate surface area is 263 Å². The number of aliphatic imine (C=N–C) groups is 1. The molecule has 8 aromatic rings. The van der Waals surface area contributed by atoms with E-state index in [2.05, 4.69) is 139 Å². The average molecular weight is 575 g/mol. The topological polar surface area (TPSA) is 24.4 Å². The Hall–Kier alpha value is -5.99. The second kappa shape index (κ2) is 11.6. The SMILES string of the molecule is C(=Nc1ccccc1Nc1ccccc1)c1ccc(-c2c3ccccc3c(-c3cccc4ccccc34)c3ccccc23)cc1. The summed E-state index contributed by atoms with van der Waals surface area (Å²) in [4.78, 5) is 4.86. The monoisotopic (exact) mass is 574 g/mol. The third kappa shape index (κ3) is 5.03. The van der Waals surface area contributed by atoms with Gasteiger partial charge in [0.15, 0.2) is 0 Å². The summed E-state index contributed by atoms with van der Waals surface area (Å²) in [5.74, 6) is 0. The molecule has 0 atom stereocenters. The van der Waals surface area contributed by atoms with Crippen molar-refractivity contribution >= 4 is 55.6 Å². The van der Waals surface area contributed by atoms with Crippen LogP contribution in [0.3, 0.4) is 0 Å². The minimum Gasteiger partial charge on any atom is -0.354 e. The summed E-state index contributed by atoms with van der Waals surface area (Å²) in [6.45, 7) is 0. The third-order valence-corrected chi connectivity index (χ3v) is 8.50. The number of hydrogen-bond acceptors (Lipinski definition) is 2. The minimum absolute atomic E-state index is 0.895. The maximum Gasteiger partial charge on any atom is 0.0864 e. The Kier molecular flexibility index (Phi) is 6.86. The third-order valence-electron chi connectivity index (χ3n) is 8.50. The number of benzene rings is 8. The van der Waals surface area contributed by atoms with Crippen LogP contribution in [-0.4, -0.2) is 6.21 Å². The van der Waals surface area contributed by atoms with Crippen LogP contribution >= 0.6 is 0 Å². The first-order valence-corrected chi connectivity index (χ1v) is 15.3. The molecule has 8 aromatic carbocycles. The van der Waals surface area contributed by atoms with Crippen molar-refractivity contribution in [3.05, 3.63) is 175 Å². The summed E-state index contributed by atoms with van der Waals surface area (Å²) in [5.41, 5.74) is 8.95. The molecule has 0 bridgehead atoms. The lowest BCUT2D eigenvalue weighted by Crippen LogP contribution is -1.92. The van der Waals surface area contributed by atoms with Crippen LogP contribution in [-0.2, 0) is 0 Å². The quantitative estimate of drug-likeness (QED) is 0.155. The fourth-order valence-corrected chi connectivity index (χ4v) is 6.42. The van der Waals surface area contributed by atoms with Gasteiger partial charge >= 0.3 is 0 Å². The number of nitrogens with one attached hydrogen (secondary N) is 1. The summed E-state index contributed by atoms with van der Waals surface area (Å²) < 4.78 is 0. The molecule has 8 rings (SSSR count). The Balaban J connectivity index is 1.22. The molecular formula is C43H30N2. The predicted octanol–water partition coefficient (Wildman–Crippen LogP) is 12.0. The van der Waals surface area contributed by atoms with Gasteiger partial charge in [-0.1, -0.05) is 146 Å². The van der Waals surface area contributed by atoms with Crippen molar-refractivity contribution in [2.45, 2.75) is 0 Å². The van der Waals surface area contributed by atoms with Crippen LogP contribution in [0.5, 0.6) is 0 Å². The van der Waals surface area contributed by atoms with E-state index in [9.17, 15) is 0 Å². The minimum atomic E-state index is 0.895. The van der Waals surface area contributed by atoms with Crippen LogP contribution in [0.15, 0.2) is 175 Å². The molecule has 0 radical (unpaired) electrons. The van der Waals surface area contributed by atoms with Gasteiger partial charge in [0.05, 0.1) is 11.4 Å². The number of nitrogens with zero attached hydrogens (tertiary/aromatic N) is 1. The lowest BCUT2D eigenvalue weighted by Gasteiger charge is -2.18. The molecule has 0 spiro atoms. The van der Waals surface area contributed by atoms with Gasteiger partial charge in [0, 0.05) is 11.9 Å². The van der Waals surface area contributed by atoms with E-state index in [1.807, 2.05) is 42.6 Å². The van der Waals surface area contributed by atoms with E-state index in [-0.39, 0.29) is 0 Å². The summed E-state index contributed by atoms with van der Waals surface area (Å²) in [6.07, 6.45) is 1.94. The van der Waals surface area contributed by atoms with E-state index in [0.29, 0.717) is 0 Å². The molecule has 0 amide bonds. The summed E-state index contributed by atoms with van der Waals surface area (Å²) >= 11 is 0. The standard InChI is InChI=1S/C43H30N2/c1-2-15-33(16-3-1)45-41-24-11-10-23-40(41)44-29-30-25-27-32(28-26-30)42-36-18-6-8-20-38(36)43(39-21-9-7-19-37(39)42)35-22-12-14-31-13-4-5-17-34(31)35/h1-29,45H. The Morgan fingerprint density at radius 2 is 0.978 bits per heavy atom. The van der Waals surface area contributed by atoms with E-state index in [1.54, 1.807) is 0 Å². The fourth-order valence-electron chi connectivity index (χ4n) is 6.42. The van der Waals surface area contributed by atoms with Gasteiger partial charge in [-0.15, -0.1) is 0 Å². The smallest absolute Gasteiger partial charge is 0.0864 e. The molecular weight excluding hydrogens is 544 g/mol. The van der Waals surface area contributed by atoms with E-state index in [0.717, 1.165) is 22.6 Å². The second-order valence-corrected chi connectivity index (χ2v) is 11.3. The number of anilines is 2. The zero-order valence-corrected chi connectivity index (χ0v) is 24.7. The van der Waals surface area contributed by atoms with Crippen LogP contribution in [0.25, 0.3) is 54.6 Å². The lowest BCUT2D eigenvalue weighted by molar-refractivity contribution is 1.48. The molecule has 45 heavy (non-hydrogen) atoms. The van der Waals surface area contributed by atoms with Crippen molar-refractivity contribution < 1.29 is 0 Å². The van der Waals surface area contributed by atoms with Crippen molar-refractivity contribution in [1.82, 2.24) is 0 Å². The van der Waals surface area contributed by atoms with E-state index < -0.39 is 0 Å². The van der Waals surface area contributed by atoms with Crippen molar-refractivity contribution in [2.75, 3.05) is 5.32 Å². The molecule has 212 valence electrons. The van der Waals surface area contributed by atoms with E-state index in [4.69, 9.17) is 4.99 Å². The summed E-state index contributed by atoms with van der Waals surface area (Å²) in [5, 5.41) is 11.0. The van der Waals surface area contributed by atoms with Gasteiger partial charge in [-0.2, -0.15) is 0 Å². The molecule has 0 unspecified atom stereocenters. The predicted molar refractivity (Wildman–Crippen MR) is 193 cm³/mol. The number of hydrogen-bond donors (Lipinski definition) is 1. The van der Waals surface area contributed by atoms with Crippen LogP contribution in [0.2, 0.25) is 0 Å². The lowest BCUT2D eigenvalue weighted by atomic mass is 9.84. The zero-order valence-electron chi connectivity index (χ0n) is 24.7. The Morgan fingerprint density at radius 1 is 0.422 bits per heavy atom. The highest BCUT2D eigenvalue weighted by Gasteiger charge is 2.17. The number of para-hydroxylation sites is 3. The van der Waals surface area contributed by atoms with Crippen molar-refractivity contribution in [3.63, 3.8) is 0 Å². The summed E-state index contributed by atoms with van der Waals surface area (Å²) in [6, 6.07) is 60.1. The first kappa shape index (κ1) is 26.6. The van der Waals surface area contributed by atoms with Crippen molar-refractivity contribution in [3.8, 4) is 22.3 Å². The van der Waals surface area contributed by atoms with Gasteiger partial charge in [-0.3, -0.25) is 4.99 Å². The highest BCUT2D eigenvalue weighted by Crippen LogP contribution is 2.45. The molecule has 2 heteroatoms. The van der Waals surface area contributed by atoms with Crippen molar-refractivity contribution in [2.24, 2.45) is 4.99 Å². The molecule has 0 heterocycles. The molecule has 0 aliphatic heterocycles. The Morgan fingerprint density at radius 3 is 1.69 bits per heavy atom. The number of fused-ring (bicyclic) bond motifs is 3. The van der Waals surface area contributed by atoms with Gasteiger partial charge in [0.25, 0.3) is 0 Å². The van der Waals surface area contributed by atoms with Crippen LogP contribution in [0.1, 0.15) is 5.56 Å². The molecule has 0 aliphatic carbocycles. The molecule has 0 aliphatic rings. The zero-order chi connectivity index (χ0) is 30.0. The molecule has 2 nitrogen and oxygen atoms in total. The number of rotatable bonds is 6.